The molecule has 2 aliphatic carbocycles. The Morgan fingerprint density at radius 3 is 2.68 bits per heavy atom. The molecule has 6 rings (SSSR count). The molecule has 2 aliphatic heterocycles. The van der Waals surface area contributed by atoms with Crippen molar-refractivity contribution in [1.82, 2.24) is 9.88 Å². The molecule has 4 fully saturated rings. The highest BCUT2D eigenvalue weighted by molar-refractivity contribution is 9.10. The normalized spacial score (nSPS) is 33.1. The average molecular weight is 445 g/mol. The molecule has 6 nitrogen and oxygen atoms in total. The van der Waals surface area contributed by atoms with Crippen LogP contribution in [-0.2, 0) is 0 Å². The maximum atomic E-state index is 10.2. The van der Waals surface area contributed by atoms with Crippen LogP contribution in [0.1, 0.15) is 50.7 Å². The van der Waals surface area contributed by atoms with Crippen LogP contribution in [0.4, 0.5) is 5.82 Å². The van der Waals surface area contributed by atoms with E-state index in [0.29, 0.717) is 35.4 Å². The van der Waals surface area contributed by atoms with Crippen molar-refractivity contribution in [3.63, 3.8) is 0 Å². The van der Waals surface area contributed by atoms with Gasteiger partial charge in [-0.1, -0.05) is 0 Å². The fraction of sp³-hybridized carbons (Fsp3) is 0.619. The predicted molar refractivity (Wildman–Crippen MR) is 110 cm³/mol. The number of piperidine rings is 2. The highest BCUT2D eigenvalue weighted by Crippen LogP contribution is 2.40. The topological polar surface area (TPSA) is 85.3 Å². The summed E-state index contributed by atoms with van der Waals surface area (Å²) in [5.41, 5.74) is 0.625. The van der Waals surface area contributed by atoms with Crippen molar-refractivity contribution in [2.45, 2.75) is 69.2 Å². The van der Waals surface area contributed by atoms with Gasteiger partial charge in [-0.2, -0.15) is 5.26 Å². The molecule has 0 radical (unpaired) electrons. The Labute approximate surface area is 173 Å². The van der Waals surface area contributed by atoms with E-state index < -0.39 is 0 Å². The van der Waals surface area contributed by atoms with E-state index in [9.17, 15) is 5.11 Å². The number of nitrogens with one attached hydrogen (secondary N) is 1. The summed E-state index contributed by atoms with van der Waals surface area (Å²) in [5.74, 6) is 1.61. The van der Waals surface area contributed by atoms with Crippen LogP contribution in [0.25, 0.3) is 11.0 Å². The highest BCUT2D eigenvalue weighted by atomic mass is 79.9. The summed E-state index contributed by atoms with van der Waals surface area (Å²) in [6.07, 6.45) is 9.68. The molecule has 2 N–H and O–H groups in total. The lowest BCUT2D eigenvalue weighted by Gasteiger charge is -2.52. The fourth-order valence-electron chi connectivity index (χ4n) is 5.45. The van der Waals surface area contributed by atoms with Crippen LogP contribution < -0.4 is 5.32 Å². The van der Waals surface area contributed by atoms with Crippen LogP contribution >= 0.6 is 15.9 Å². The molecule has 2 saturated carbocycles. The van der Waals surface area contributed by atoms with Crippen LogP contribution in [0.3, 0.4) is 0 Å². The average Bonchev–Trinajstić information content (AvgIpc) is 3.15. The van der Waals surface area contributed by atoms with Crippen LogP contribution in [0, 0.1) is 17.2 Å². The zero-order valence-electron chi connectivity index (χ0n) is 15.8. The SMILES string of the molecule is N#Cc1cc2c(Br)c(NC3CCC(N4CC5CCC4CC5O)CC3)ncc2o1. The zero-order chi connectivity index (χ0) is 19.3. The summed E-state index contributed by atoms with van der Waals surface area (Å²) in [7, 11) is 0. The van der Waals surface area contributed by atoms with E-state index in [1.165, 1.54) is 25.7 Å². The lowest BCUT2D eigenvalue weighted by molar-refractivity contribution is -0.0724. The van der Waals surface area contributed by atoms with E-state index in [4.69, 9.17) is 9.68 Å². The molecule has 4 aliphatic rings. The molecule has 0 amide bonds. The molecule has 148 valence electrons. The Morgan fingerprint density at radius 2 is 2.00 bits per heavy atom. The van der Waals surface area contributed by atoms with Gasteiger partial charge in [0.2, 0.25) is 5.76 Å². The summed E-state index contributed by atoms with van der Waals surface area (Å²) >= 11 is 3.63. The first-order valence-electron chi connectivity index (χ1n) is 10.3. The number of aromatic nitrogens is 1. The number of anilines is 1. The molecule has 3 unspecified atom stereocenters. The van der Waals surface area contributed by atoms with Crippen molar-refractivity contribution >= 4 is 32.7 Å². The van der Waals surface area contributed by atoms with Gasteiger partial charge in [0.15, 0.2) is 5.58 Å². The summed E-state index contributed by atoms with van der Waals surface area (Å²) in [6.45, 7) is 1.08. The highest BCUT2D eigenvalue weighted by Gasteiger charge is 2.42. The second kappa shape index (κ2) is 7.33. The van der Waals surface area contributed by atoms with Gasteiger partial charge >= 0.3 is 0 Å². The number of hydrogen-bond donors (Lipinski definition) is 2. The van der Waals surface area contributed by atoms with Gasteiger partial charge in [0.1, 0.15) is 11.9 Å². The predicted octanol–water partition coefficient (Wildman–Crippen LogP) is 4.03. The first-order chi connectivity index (χ1) is 13.6. The molecule has 28 heavy (non-hydrogen) atoms. The minimum atomic E-state index is -0.0733. The number of furan rings is 1. The second-order valence-corrected chi connectivity index (χ2v) is 9.36. The van der Waals surface area contributed by atoms with Crippen LogP contribution in [-0.4, -0.2) is 45.8 Å². The van der Waals surface area contributed by atoms with Crippen LogP contribution in [0.5, 0.6) is 0 Å². The number of halogens is 1. The minimum absolute atomic E-state index is 0.0733. The Hall–Kier alpha value is -1.62. The molecule has 2 saturated heterocycles. The van der Waals surface area contributed by atoms with E-state index in [2.05, 4.69) is 31.1 Å². The smallest absolute Gasteiger partial charge is 0.204 e. The lowest BCUT2D eigenvalue weighted by Crippen LogP contribution is -2.58. The van der Waals surface area contributed by atoms with E-state index >= 15 is 0 Å². The van der Waals surface area contributed by atoms with Crippen molar-refractivity contribution in [3.05, 3.63) is 22.5 Å². The molecule has 2 bridgehead atoms. The summed E-state index contributed by atoms with van der Waals surface area (Å²) in [4.78, 5) is 7.20. The molecule has 0 aromatic carbocycles. The van der Waals surface area contributed by atoms with Crippen LogP contribution in [0.2, 0.25) is 0 Å². The monoisotopic (exact) mass is 444 g/mol. The first kappa shape index (κ1) is 18.4. The van der Waals surface area contributed by atoms with E-state index in [0.717, 1.165) is 41.5 Å². The van der Waals surface area contributed by atoms with E-state index in [-0.39, 0.29) is 6.10 Å². The number of hydrogen-bond acceptors (Lipinski definition) is 6. The van der Waals surface area contributed by atoms with E-state index in [1.54, 1.807) is 12.3 Å². The molecular formula is C21H25BrN4O2. The first-order valence-corrected chi connectivity index (χ1v) is 11.1. The minimum Gasteiger partial charge on any atom is -0.444 e. The Kier molecular flexibility index (Phi) is 4.82. The van der Waals surface area contributed by atoms with Gasteiger partial charge < -0.3 is 14.8 Å². The molecule has 7 heteroatoms. The Bertz CT molecular complexity index is 915. The molecule has 2 aromatic heterocycles. The summed E-state index contributed by atoms with van der Waals surface area (Å²) in [5, 5.41) is 23.7. The second-order valence-electron chi connectivity index (χ2n) is 8.56. The number of nitriles is 1. The Balaban J connectivity index is 1.23. The zero-order valence-corrected chi connectivity index (χ0v) is 17.4. The third-order valence-corrected chi connectivity index (χ3v) is 7.78. The molecule has 4 heterocycles. The maximum Gasteiger partial charge on any atom is 0.204 e. The lowest BCUT2D eigenvalue weighted by atomic mass is 9.75. The van der Waals surface area contributed by atoms with Gasteiger partial charge in [0, 0.05) is 36.1 Å². The van der Waals surface area contributed by atoms with Crippen molar-refractivity contribution in [2.75, 3.05) is 11.9 Å². The van der Waals surface area contributed by atoms with Gasteiger partial charge in [0.05, 0.1) is 16.8 Å². The number of nitrogens with zero attached hydrogens (tertiary/aromatic N) is 3. The number of pyridine rings is 1. The Morgan fingerprint density at radius 1 is 1.21 bits per heavy atom. The van der Waals surface area contributed by atoms with Gasteiger partial charge in [-0.05, 0) is 66.8 Å². The molecule has 2 aromatic rings. The largest absolute Gasteiger partial charge is 0.444 e. The third-order valence-electron chi connectivity index (χ3n) is 6.98. The quantitative estimate of drug-likeness (QED) is 0.742. The third kappa shape index (κ3) is 3.22. The van der Waals surface area contributed by atoms with Gasteiger partial charge in [-0.3, -0.25) is 4.90 Å². The number of fused-ring (bicyclic) bond motifs is 4. The van der Waals surface area contributed by atoms with Gasteiger partial charge in [-0.15, -0.1) is 0 Å². The maximum absolute atomic E-state index is 10.2. The summed E-state index contributed by atoms with van der Waals surface area (Å²) in [6, 6.07) is 5.44. The fourth-order valence-corrected chi connectivity index (χ4v) is 5.98. The van der Waals surface area contributed by atoms with Crippen molar-refractivity contribution in [3.8, 4) is 6.07 Å². The van der Waals surface area contributed by atoms with Gasteiger partial charge in [0.25, 0.3) is 0 Å². The van der Waals surface area contributed by atoms with E-state index in [1.807, 2.05) is 6.07 Å². The van der Waals surface area contributed by atoms with Crippen molar-refractivity contribution in [1.29, 1.82) is 5.26 Å². The number of aliphatic hydroxyl groups is 1. The number of aliphatic hydroxyl groups excluding tert-OH is 1. The summed E-state index contributed by atoms with van der Waals surface area (Å²) < 4.78 is 6.31. The molecule has 0 spiro atoms. The van der Waals surface area contributed by atoms with Crippen molar-refractivity contribution < 1.29 is 9.52 Å². The molecule has 3 atom stereocenters. The number of rotatable bonds is 3. The van der Waals surface area contributed by atoms with Crippen LogP contribution in [0.15, 0.2) is 21.2 Å². The molecular weight excluding hydrogens is 420 g/mol. The van der Waals surface area contributed by atoms with Gasteiger partial charge in [-0.25, -0.2) is 4.98 Å². The van der Waals surface area contributed by atoms with Crippen molar-refractivity contribution in [2.24, 2.45) is 5.92 Å². The standard InChI is InChI=1S/C21H25BrN4O2/c22-20-17-8-16(9-23)28-19(17)10-24-21(20)25-13-2-5-14(6-3-13)26-11-12-1-4-15(26)7-18(12)27/h8,10,12-15,18,27H,1-7,11H2,(H,24,25).